The van der Waals surface area contributed by atoms with Gasteiger partial charge in [-0.25, -0.2) is 9.50 Å². The van der Waals surface area contributed by atoms with Crippen LogP contribution in [0.3, 0.4) is 0 Å². The summed E-state index contributed by atoms with van der Waals surface area (Å²) in [7, 11) is 0. The van der Waals surface area contributed by atoms with Crippen molar-refractivity contribution in [2.45, 2.75) is 64.3 Å². The number of carbonyl (C=O) groups is 2. The third kappa shape index (κ3) is 3.62. The molecule has 0 saturated heterocycles. The number of hydrogen-bond donors (Lipinski definition) is 2. The van der Waals surface area contributed by atoms with E-state index in [4.69, 9.17) is 5.11 Å². The molecule has 1 aliphatic carbocycles. The van der Waals surface area contributed by atoms with Crippen molar-refractivity contribution in [3.63, 3.8) is 0 Å². The minimum Gasteiger partial charge on any atom is -0.481 e. The summed E-state index contributed by atoms with van der Waals surface area (Å²) >= 11 is 0. The molecule has 8 heteroatoms. The molecule has 0 spiro atoms. The monoisotopic (exact) mass is 345 g/mol. The SMILES string of the molecule is Cc1nc2ncnn2c(C)c1CCC(=O)NC1(CC(=O)O)CCCC1. The van der Waals surface area contributed by atoms with Gasteiger partial charge in [0.2, 0.25) is 5.91 Å². The van der Waals surface area contributed by atoms with Gasteiger partial charge in [0.1, 0.15) is 6.33 Å². The molecule has 2 aromatic rings. The Labute approximate surface area is 145 Å². The lowest BCUT2D eigenvalue weighted by Crippen LogP contribution is -2.47. The summed E-state index contributed by atoms with van der Waals surface area (Å²) in [6.45, 7) is 3.84. The topological polar surface area (TPSA) is 109 Å². The maximum absolute atomic E-state index is 12.4. The molecule has 3 rings (SSSR count). The Hall–Kier alpha value is -2.51. The van der Waals surface area contributed by atoms with Gasteiger partial charge in [-0.05, 0) is 38.7 Å². The van der Waals surface area contributed by atoms with Gasteiger partial charge < -0.3 is 10.4 Å². The van der Waals surface area contributed by atoms with Gasteiger partial charge in [0, 0.05) is 17.8 Å². The maximum Gasteiger partial charge on any atom is 0.305 e. The number of aliphatic carboxylic acids is 1. The van der Waals surface area contributed by atoms with Crippen molar-refractivity contribution >= 4 is 17.7 Å². The van der Waals surface area contributed by atoms with Crippen LogP contribution in [-0.2, 0) is 16.0 Å². The van der Waals surface area contributed by atoms with E-state index in [1.54, 1.807) is 4.52 Å². The average Bonchev–Trinajstić information content (AvgIpc) is 3.16. The maximum atomic E-state index is 12.4. The predicted octanol–water partition coefficient (Wildman–Crippen LogP) is 1.58. The van der Waals surface area contributed by atoms with Gasteiger partial charge in [-0.15, -0.1) is 0 Å². The van der Waals surface area contributed by atoms with E-state index in [0.29, 0.717) is 18.6 Å². The van der Waals surface area contributed by atoms with Gasteiger partial charge >= 0.3 is 5.97 Å². The number of rotatable bonds is 6. The highest BCUT2D eigenvalue weighted by Crippen LogP contribution is 2.32. The van der Waals surface area contributed by atoms with Crippen LogP contribution >= 0.6 is 0 Å². The van der Waals surface area contributed by atoms with E-state index in [1.807, 2.05) is 13.8 Å². The van der Waals surface area contributed by atoms with Crippen LogP contribution in [0.4, 0.5) is 0 Å². The first-order chi connectivity index (χ1) is 11.9. The first kappa shape index (κ1) is 17.3. The second-order valence-electron chi connectivity index (χ2n) is 6.84. The molecular formula is C17H23N5O3. The van der Waals surface area contributed by atoms with Crippen LogP contribution in [0.2, 0.25) is 0 Å². The molecule has 0 radical (unpaired) electrons. The van der Waals surface area contributed by atoms with Crippen LogP contribution in [0, 0.1) is 13.8 Å². The standard InChI is InChI=1S/C17H23N5O3/c1-11-13(12(2)22-16(20-11)18-10-19-22)5-6-14(23)21-17(9-15(24)25)7-3-4-8-17/h10H,3-9H2,1-2H3,(H,21,23)(H,24,25). The smallest absolute Gasteiger partial charge is 0.305 e. The quantitative estimate of drug-likeness (QED) is 0.822. The Morgan fingerprint density at radius 2 is 2.04 bits per heavy atom. The molecule has 1 saturated carbocycles. The van der Waals surface area contributed by atoms with Crippen molar-refractivity contribution in [2.24, 2.45) is 0 Å². The summed E-state index contributed by atoms with van der Waals surface area (Å²) in [5, 5.41) is 16.3. The number of aryl methyl sites for hydroxylation is 2. The molecule has 134 valence electrons. The normalized spacial score (nSPS) is 16.2. The zero-order valence-electron chi connectivity index (χ0n) is 14.6. The highest BCUT2D eigenvalue weighted by atomic mass is 16.4. The Balaban J connectivity index is 1.69. The number of hydrogen-bond acceptors (Lipinski definition) is 5. The van der Waals surface area contributed by atoms with E-state index in [0.717, 1.165) is 42.6 Å². The molecule has 1 amide bonds. The fraction of sp³-hybridized carbons (Fsp3) is 0.588. The molecule has 25 heavy (non-hydrogen) atoms. The van der Waals surface area contributed by atoms with Gasteiger partial charge in [0.05, 0.1) is 12.0 Å². The van der Waals surface area contributed by atoms with Crippen LogP contribution in [0.15, 0.2) is 6.33 Å². The summed E-state index contributed by atoms with van der Waals surface area (Å²) in [4.78, 5) is 32.1. The minimum atomic E-state index is -0.866. The molecule has 1 aliphatic rings. The first-order valence-corrected chi connectivity index (χ1v) is 8.59. The van der Waals surface area contributed by atoms with Crippen molar-refractivity contribution < 1.29 is 14.7 Å². The second-order valence-corrected chi connectivity index (χ2v) is 6.84. The van der Waals surface area contributed by atoms with Crippen LogP contribution in [0.5, 0.6) is 0 Å². The largest absolute Gasteiger partial charge is 0.481 e. The van der Waals surface area contributed by atoms with Gasteiger partial charge in [0.15, 0.2) is 0 Å². The zero-order valence-corrected chi connectivity index (χ0v) is 14.6. The van der Waals surface area contributed by atoms with E-state index in [1.165, 1.54) is 6.33 Å². The van der Waals surface area contributed by atoms with E-state index in [9.17, 15) is 9.59 Å². The molecular weight excluding hydrogens is 322 g/mol. The molecule has 0 unspecified atom stereocenters. The number of carboxylic acid groups (broad SMARTS) is 1. The molecule has 1 fully saturated rings. The second kappa shape index (κ2) is 6.78. The number of carboxylic acids is 1. The molecule has 0 atom stereocenters. The number of nitrogens with one attached hydrogen (secondary N) is 1. The average molecular weight is 345 g/mol. The Morgan fingerprint density at radius 3 is 2.72 bits per heavy atom. The number of nitrogens with zero attached hydrogens (tertiary/aromatic N) is 4. The van der Waals surface area contributed by atoms with E-state index in [-0.39, 0.29) is 12.3 Å². The number of carbonyl (C=O) groups excluding carboxylic acids is 1. The summed E-state index contributed by atoms with van der Waals surface area (Å²) in [5.74, 6) is -0.426. The Morgan fingerprint density at radius 1 is 1.32 bits per heavy atom. The number of amides is 1. The number of fused-ring (bicyclic) bond motifs is 1. The fourth-order valence-electron chi connectivity index (χ4n) is 3.80. The van der Waals surface area contributed by atoms with Gasteiger partial charge in [-0.1, -0.05) is 12.8 Å². The van der Waals surface area contributed by atoms with Crippen molar-refractivity contribution in [1.82, 2.24) is 24.9 Å². The van der Waals surface area contributed by atoms with Crippen LogP contribution in [0.1, 0.15) is 55.5 Å². The third-order valence-electron chi connectivity index (χ3n) is 5.05. The molecule has 8 nitrogen and oxygen atoms in total. The Bertz CT molecular complexity index is 808. The third-order valence-corrected chi connectivity index (χ3v) is 5.05. The Kier molecular flexibility index (Phi) is 4.69. The first-order valence-electron chi connectivity index (χ1n) is 8.59. The van der Waals surface area contributed by atoms with Crippen molar-refractivity contribution in [2.75, 3.05) is 0 Å². The van der Waals surface area contributed by atoms with Gasteiger partial charge in [0.25, 0.3) is 5.78 Å². The molecule has 0 aromatic carbocycles. The lowest BCUT2D eigenvalue weighted by Gasteiger charge is -2.28. The predicted molar refractivity (Wildman–Crippen MR) is 90.2 cm³/mol. The van der Waals surface area contributed by atoms with E-state index < -0.39 is 11.5 Å². The summed E-state index contributed by atoms with van der Waals surface area (Å²) in [6, 6.07) is 0. The molecule has 0 aliphatic heterocycles. The van der Waals surface area contributed by atoms with E-state index in [2.05, 4.69) is 20.4 Å². The van der Waals surface area contributed by atoms with Crippen LogP contribution < -0.4 is 5.32 Å². The van der Waals surface area contributed by atoms with Crippen molar-refractivity contribution in [3.8, 4) is 0 Å². The van der Waals surface area contributed by atoms with Crippen molar-refractivity contribution in [3.05, 3.63) is 23.3 Å². The van der Waals surface area contributed by atoms with Gasteiger partial charge in [-0.2, -0.15) is 10.1 Å². The summed E-state index contributed by atoms with van der Waals surface area (Å²) in [6.07, 6.45) is 5.66. The lowest BCUT2D eigenvalue weighted by atomic mass is 9.92. The minimum absolute atomic E-state index is 0.0106. The number of aromatic nitrogens is 4. The summed E-state index contributed by atoms with van der Waals surface area (Å²) < 4.78 is 1.67. The molecule has 2 heterocycles. The van der Waals surface area contributed by atoms with Gasteiger partial charge in [-0.3, -0.25) is 9.59 Å². The highest BCUT2D eigenvalue weighted by Gasteiger charge is 2.37. The van der Waals surface area contributed by atoms with Crippen LogP contribution in [0.25, 0.3) is 5.78 Å². The lowest BCUT2D eigenvalue weighted by molar-refractivity contribution is -0.139. The zero-order chi connectivity index (χ0) is 18.0. The van der Waals surface area contributed by atoms with Crippen molar-refractivity contribution in [1.29, 1.82) is 0 Å². The molecule has 2 aromatic heterocycles. The van der Waals surface area contributed by atoms with Crippen LogP contribution in [-0.4, -0.2) is 42.1 Å². The highest BCUT2D eigenvalue weighted by molar-refractivity contribution is 5.78. The molecule has 0 bridgehead atoms. The molecule has 2 N–H and O–H groups in total. The fourth-order valence-corrected chi connectivity index (χ4v) is 3.80. The summed E-state index contributed by atoms with van der Waals surface area (Å²) in [5.41, 5.74) is 2.16. The van der Waals surface area contributed by atoms with E-state index >= 15 is 0 Å².